The highest BCUT2D eigenvalue weighted by Crippen LogP contribution is 2.23. The van der Waals surface area contributed by atoms with Crippen LogP contribution in [0, 0.1) is 0 Å². The van der Waals surface area contributed by atoms with E-state index in [0.717, 1.165) is 5.69 Å². The van der Waals surface area contributed by atoms with Crippen LogP contribution in [0.4, 0.5) is 17.1 Å². The Morgan fingerprint density at radius 3 is 2.52 bits per heavy atom. The highest BCUT2D eigenvalue weighted by atomic mass is 16.5. The molecule has 0 saturated heterocycles. The summed E-state index contributed by atoms with van der Waals surface area (Å²) in [5.74, 6) is 0.441. The zero-order valence-corrected chi connectivity index (χ0v) is 14.5. The number of carbonyl (C=O) groups is 2. The average Bonchev–Trinajstić information content (AvgIpc) is 2.57. The Balaban J connectivity index is 1.84. The standard InChI is InChI=1S/C19H23N3O3/c1-3-25-18-10-5-4-9-17(18)22-19(24)11-12-20-15-7-6-8-16(13-15)21-14(2)23/h4-10,13,20H,3,11-12H2,1-2H3,(H,21,23)(H,22,24). The van der Waals surface area contributed by atoms with Gasteiger partial charge in [-0.15, -0.1) is 0 Å². The number of hydrogen-bond donors (Lipinski definition) is 3. The number of amides is 2. The smallest absolute Gasteiger partial charge is 0.226 e. The third kappa shape index (κ3) is 6.18. The van der Waals surface area contributed by atoms with Crippen molar-refractivity contribution >= 4 is 28.9 Å². The number of hydrogen-bond acceptors (Lipinski definition) is 4. The first-order valence-corrected chi connectivity index (χ1v) is 8.21. The number of anilines is 3. The minimum atomic E-state index is -0.121. The molecule has 0 radical (unpaired) electrons. The fourth-order valence-electron chi connectivity index (χ4n) is 2.29. The van der Waals surface area contributed by atoms with Gasteiger partial charge in [0.15, 0.2) is 0 Å². The van der Waals surface area contributed by atoms with Crippen LogP contribution in [0.1, 0.15) is 20.3 Å². The van der Waals surface area contributed by atoms with Crippen LogP contribution in [0.25, 0.3) is 0 Å². The quantitative estimate of drug-likeness (QED) is 0.687. The normalized spacial score (nSPS) is 10.0. The van der Waals surface area contributed by atoms with Crippen LogP contribution < -0.4 is 20.7 Å². The fraction of sp³-hybridized carbons (Fsp3) is 0.263. The van der Waals surface area contributed by atoms with Crippen molar-refractivity contribution in [3.63, 3.8) is 0 Å². The molecule has 132 valence electrons. The lowest BCUT2D eigenvalue weighted by Crippen LogP contribution is -2.17. The van der Waals surface area contributed by atoms with Crippen molar-refractivity contribution in [2.24, 2.45) is 0 Å². The summed E-state index contributed by atoms with van der Waals surface area (Å²) in [5, 5.41) is 8.75. The van der Waals surface area contributed by atoms with Crippen LogP contribution in [0.2, 0.25) is 0 Å². The molecule has 25 heavy (non-hydrogen) atoms. The van der Waals surface area contributed by atoms with E-state index in [1.54, 1.807) is 0 Å². The predicted octanol–water partition coefficient (Wildman–Crippen LogP) is 3.48. The van der Waals surface area contributed by atoms with Crippen LogP contribution in [0.3, 0.4) is 0 Å². The van der Waals surface area contributed by atoms with E-state index < -0.39 is 0 Å². The van der Waals surface area contributed by atoms with Gasteiger partial charge in [-0.1, -0.05) is 18.2 Å². The van der Waals surface area contributed by atoms with Crippen molar-refractivity contribution < 1.29 is 14.3 Å². The largest absolute Gasteiger partial charge is 0.492 e. The molecule has 0 bridgehead atoms. The summed E-state index contributed by atoms with van der Waals surface area (Å²) in [6, 6.07) is 14.7. The van der Waals surface area contributed by atoms with E-state index in [-0.39, 0.29) is 11.8 Å². The number of carbonyl (C=O) groups excluding carboxylic acids is 2. The maximum Gasteiger partial charge on any atom is 0.226 e. The van der Waals surface area contributed by atoms with Crippen molar-refractivity contribution in [1.29, 1.82) is 0 Å². The first kappa shape index (κ1) is 18.3. The van der Waals surface area contributed by atoms with E-state index in [4.69, 9.17) is 4.74 Å². The van der Waals surface area contributed by atoms with E-state index in [1.807, 2.05) is 55.5 Å². The van der Waals surface area contributed by atoms with Gasteiger partial charge in [-0.2, -0.15) is 0 Å². The molecule has 2 aromatic rings. The van der Waals surface area contributed by atoms with Gasteiger partial charge >= 0.3 is 0 Å². The average molecular weight is 341 g/mol. The van der Waals surface area contributed by atoms with Crippen LogP contribution >= 0.6 is 0 Å². The Kier molecular flexibility index (Phi) is 6.83. The summed E-state index contributed by atoms with van der Waals surface area (Å²) >= 11 is 0. The lowest BCUT2D eigenvalue weighted by Gasteiger charge is -2.12. The van der Waals surface area contributed by atoms with Crippen molar-refractivity contribution in [3.8, 4) is 5.75 Å². The van der Waals surface area contributed by atoms with E-state index in [1.165, 1.54) is 6.92 Å². The van der Waals surface area contributed by atoms with Gasteiger partial charge in [0.1, 0.15) is 5.75 Å². The van der Waals surface area contributed by atoms with Gasteiger partial charge in [0.2, 0.25) is 11.8 Å². The van der Waals surface area contributed by atoms with Crippen LogP contribution in [-0.4, -0.2) is 25.0 Å². The van der Waals surface area contributed by atoms with Crippen LogP contribution in [-0.2, 0) is 9.59 Å². The van der Waals surface area contributed by atoms with E-state index in [0.29, 0.717) is 36.7 Å². The summed E-state index contributed by atoms with van der Waals surface area (Å²) in [7, 11) is 0. The molecule has 2 aromatic carbocycles. The zero-order valence-electron chi connectivity index (χ0n) is 14.5. The third-order valence-electron chi connectivity index (χ3n) is 3.33. The molecule has 0 heterocycles. The molecule has 3 N–H and O–H groups in total. The Labute approximate surface area is 147 Å². The highest BCUT2D eigenvalue weighted by Gasteiger charge is 2.07. The van der Waals surface area contributed by atoms with Gasteiger partial charge in [-0.25, -0.2) is 0 Å². The molecule has 0 saturated carbocycles. The lowest BCUT2D eigenvalue weighted by atomic mass is 10.2. The molecule has 0 unspecified atom stereocenters. The summed E-state index contributed by atoms with van der Waals surface area (Å²) in [5.41, 5.74) is 2.23. The summed E-state index contributed by atoms with van der Waals surface area (Å²) in [4.78, 5) is 23.2. The maximum atomic E-state index is 12.1. The molecule has 0 spiro atoms. The number of para-hydroxylation sites is 2. The second-order valence-electron chi connectivity index (χ2n) is 5.42. The lowest BCUT2D eigenvalue weighted by molar-refractivity contribution is -0.116. The van der Waals surface area contributed by atoms with Gasteiger partial charge in [0.25, 0.3) is 0 Å². The molecule has 0 aliphatic carbocycles. The van der Waals surface area contributed by atoms with Crippen LogP contribution in [0.5, 0.6) is 5.75 Å². The van der Waals surface area contributed by atoms with Gasteiger partial charge in [-0.3, -0.25) is 9.59 Å². The third-order valence-corrected chi connectivity index (χ3v) is 3.33. The first-order chi connectivity index (χ1) is 12.1. The summed E-state index contributed by atoms with van der Waals surface area (Å²) in [6.07, 6.45) is 0.310. The molecule has 0 aromatic heterocycles. The number of benzene rings is 2. The number of nitrogens with one attached hydrogen (secondary N) is 3. The van der Waals surface area contributed by atoms with Gasteiger partial charge in [0, 0.05) is 31.3 Å². The summed E-state index contributed by atoms with van der Waals surface area (Å²) < 4.78 is 5.49. The Hall–Kier alpha value is -3.02. The first-order valence-electron chi connectivity index (χ1n) is 8.21. The molecule has 0 fully saturated rings. The molecule has 0 aliphatic heterocycles. The molecule has 2 rings (SSSR count). The van der Waals surface area contributed by atoms with Crippen molar-refractivity contribution in [2.75, 3.05) is 29.1 Å². The minimum Gasteiger partial charge on any atom is -0.492 e. The SMILES string of the molecule is CCOc1ccccc1NC(=O)CCNc1cccc(NC(C)=O)c1. The molecule has 2 amide bonds. The minimum absolute atomic E-state index is 0.0994. The van der Waals surface area contributed by atoms with E-state index in [9.17, 15) is 9.59 Å². The number of rotatable bonds is 8. The second kappa shape index (κ2) is 9.32. The Bertz CT molecular complexity index is 731. The molecule has 0 atom stereocenters. The highest BCUT2D eigenvalue weighted by molar-refractivity contribution is 5.92. The van der Waals surface area contributed by atoms with Crippen molar-refractivity contribution in [3.05, 3.63) is 48.5 Å². The second-order valence-corrected chi connectivity index (χ2v) is 5.42. The van der Waals surface area contributed by atoms with Crippen LogP contribution in [0.15, 0.2) is 48.5 Å². The maximum absolute atomic E-state index is 12.1. The zero-order chi connectivity index (χ0) is 18.1. The topological polar surface area (TPSA) is 79.5 Å². The molecule has 6 heteroatoms. The molecular weight excluding hydrogens is 318 g/mol. The molecular formula is C19H23N3O3. The molecule has 6 nitrogen and oxygen atoms in total. The summed E-state index contributed by atoms with van der Waals surface area (Å²) in [6.45, 7) is 4.38. The van der Waals surface area contributed by atoms with Gasteiger partial charge in [0.05, 0.1) is 12.3 Å². The Morgan fingerprint density at radius 1 is 1.00 bits per heavy atom. The van der Waals surface area contributed by atoms with E-state index in [2.05, 4.69) is 16.0 Å². The van der Waals surface area contributed by atoms with Gasteiger partial charge < -0.3 is 20.7 Å². The Morgan fingerprint density at radius 2 is 1.76 bits per heavy atom. The molecule has 0 aliphatic rings. The van der Waals surface area contributed by atoms with E-state index >= 15 is 0 Å². The number of ether oxygens (including phenoxy) is 1. The predicted molar refractivity (Wildman–Crippen MR) is 100 cm³/mol. The van der Waals surface area contributed by atoms with Crippen molar-refractivity contribution in [2.45, 2.75) is 20.3 Å². The van der Waals surface area contributed by atoms with Gasteiger partial charge in [-0.05, 0) is 37.3 Å². The fourth-order valence-corrected chi connectivity index (χ4v) is 2.29. The monoisotopic (exact) mass is 341 g/mol. The van der Waals surface area contributed by atoms with Crippen molar-refractivity contribution in [1.82, 2.24) is 0 Å².